The van der Waals surface area contributed by atoms with Gasteiger partial charge in [-0.05, 0) is 36.5 Å². The van der Waals surface area contributed by atoms with E-state index >= 15 is 0 Å². The number of carbonyl (C=O) groups is 1. The van der Waals surface area contributed by atoms with Crippen molar-refractivity contribution < 1.29 is 9.72 Å². The molecule has 0 N–H and O–H groups in total. The first kappa shape index (κ1) is 15.2. The number of hydrogen-bond acceptors (Lipinski definition) is 3. The third-order valence-electron chi connectivity index (χ3n) is 4.46. The summed E-state index contributed by atoms with van der Waals surface area (Å²) in [7, 11) is 1.73. The zero-order valence-electron chi connectivity index (χ0n) is 12.9. The number of benzene rings is 2. The van der Waals surface area contributed by atoms with Crippen molar-refractivity contribution in [1.82, 2.24) is 4.90 Å². The fraction of sp³-hybridized carbons (Fsp3) is 0.278. The molecule has 2 aromatic carbocycles. The summed E-state index contributed by atoms with van der Waals surface area (Å²) in [4.78, 5) is 25.1. The summed E-state index contributed by atoms with van der Waals surface area (Å²) < 4.78 is 0. The Morgan fingerprint density at radius 2 is 1.87 bits per heavy atom. The summed E-state index contributed by atoms with van der Waals surface area (Å²) in [5.74, 6) is -0.306. The van der Waals surface area contributed by atoms with Crippen molar-refractivity contribution in [1.29, 1.82) is 0 Å². The lowest BCUT2D eigenvalue weighted by Crippen LogP contribution is -2.33. The van der Waals surface area contributed by atoms with Crippen LogP contribution in [0.4, 0.5) is 5.69 Å². The number of fused-ring (bicyclic) bond motifs is 1. The van der Waals surface area contributed by atoms with Crippen molar-refractivity contribution in [3.8, 4) is 0 Å². The number of amides is 1. The summed E-state index contributed by atoms with van der Waals surface area (Å²) >= 11 is 0. The van der Waals surface area contributed by atoms with Gasteiger partial charge in [0.1, 0.15) is 5.56 Å². The van der Waals surface area contributed by atoms with Gasteiger partial charge < -0.3 is 4.90 Å². The number of hydrogen-bond donors (Lipinski definition) is 0. The predicted molar refractivity (Wildman–Crippen MR) is 87.3 cm³/mol. The highest BCUT2D eigenvalue weighted by Crippen LogP contribution is 2.34. The van der Waals surface area contributed by atoms with Crippen molar-refractivity contribution in [2.45, 2.75) is 25.3 Å². The molecule has 23 heavy (non-hydrogen) atoms. The van der Waals surface area contributed by atoms with Crippen molar-refractivity contribution in [2.75, 3.05) is 7.05 Å². The van der Waals surface area contributed by atoms with Crippen LogP contribution in [0.25, 0.3) is 0 Å². The van der Waals surface area contributed by atoms with E-state index in [4.69, 9.17) is 0 Å². The summed E-state index contributed by atoms with van der Waals surface area (Å²) in [5.41, 5.74) is 2.40. The number of para-hydroxylation sites is 1. The second-order valence-corrected chi connectivity index (χ2v) is 5.80. The van der Waals surface area contributed by atoms with Crippen LogP contribution in [-0.4, -0.2) is 22.8 Å². The van der Waals surface area contributed by atoms with Crippen molar-refractivity contribution in [2.24, 2.45) is 0 Å². The fourth-order valence-corrected chi connectivity index (χ4v) is 3.28. The highest BCUT2D eigenvalue weighted by atomic mass is 16.6. The van der Waals surface area contributed by atoms with Gasteiger partial charge in [-0.2, -0.15) is 0 Å². The normalized spacial score (nSPS) is 16.5. The second-order valence-electron chi connectivity index (χ2n) is 5.80. The van der Waals surface area contributed by atoms with E-state index in [0.29, 0.717) is 0 Å². The SMILES string of the molecule is CN(C(=O)c1ccccc1[N+](=O)[O-])C1CCCc2ccccc21. The highest BCUT2D eigenvalue weighted by molar-refractivity contribution is 5.98. The highest BCUT2D eigenvalue weighted by Gasteiger charge is 2.30. The Hall–Kier alpha value is -2.69. The second kappa shape index (κ2) is 6.20. The molecule has 2 aromatic rings. The Kier molecular flexibility index (Phi) is 4.10. The van der Waals surface area contributed by atoms with Gasteiger partial charge in [-0.1, -0.05) is 36.4 Å². The number of nitro benzene ring substituents is 1. The van der Waals surface area contributed by atoms with Crippen molar-refractivity contribution in [3.63, 3.8) is 0 Å². The fourth-order valence-electron chi connectivity index (χ4n) is 3.28. The third kappa shape index (κ3) is 2.82. The molecule has 3 rings (SSSR count). The van der Waals surface area contributed by atoms with Crippen LogP contribution in [0.1, 0.15) is 40.4 Å². The molecule has 0 bridgehead atoms. The molecule has 0 fully saturated rings. The van der Waals surface area contributed by atoms with Gasteiger partial charge in [-0.25, -0.2) is 0 Å². The van der Waals surface area contributed by atoms with Crippen LogP contribution in [0.3, 0.4) is 0 Å². The number of aryl methyl sites for hydroxylation is 1. The molecular weight excluding hydrogens is 292 g/mol. The van der Waals surface area contributed by atoms with Gasteiger partial charge in [0.2, 0.25) is 0 Å². The maximum absolute atomic E-state index is 12.8. The van der Waals surface area contributed by atoms with E-state index in [1.54, 1.807) is 24.1 Å². The van der Waals surface area contributed by atoms with Gasteiger partial charge in [-0.15, -0.1) is 0 Å². The molecular formula is C18H18N2O3. The number of carbonyl (C=O) groups excluding carboxylic acids is 1. The molecule has 0 saturated carbocycles. The minimum Gasteiger partial charge on any atom is -0.334 e. The minimum atomic E-state index is -0.504. The van der Waals surface area contributed by atoms with Crippen LogP contribution < -0.4 is 0 Å². The van der Waals surface area contributed by atoms with Crippen molar-refractivity contribution in [3.05, 3.63) is 75.3 Å². The first-order chi connectivity index (χ1) is 11.1. The zero-order valence-corrected chi connectivity index (χ0v) is 12.9. The minimum absolute atomic E-state index is 0.0349. The lowest BCUT2D eigenvalue weighted by atomic mass is 9.87. The van der Waals surface area contributed by atoms with E-state index in [2.05, 4.69) is 6.07 Å². The first-order valence-corrected chi connectivity index (χ1v) is 7.68. The van der Waals surface area contributed by atoms with Gasteiger partial charge in [0.25, 0.3) is 11.6 Å². The van der Waals surface area contributed by atoms with Gasteiger partial charge in [0.05, 0.1) is 11.0 Å². The molecule has 0 radical (unpaired) electrons. The van der Waals surface area contributed by atoms with Gasteiger partial charge >= 0.3 is 0 Å². The third-order valence-corrected chi connectivity index (χ3v) is 4.46. The van der Waals surface area contributed by atoms with Crippen molar-refractivity contribution >= 4 is 11.6 Å². The molecule has 0 spiro atoms. The molecule has 5 nitrogen and oxygen atoms in total. The average molecular weight is 310 g/mol. The maximum Gasteiger partial charge on any atom is 0.282 e. The zero-order chi connectivity index (χ0) is 16.4. The van der Waals surface area contributed by atoms with E-state index in [-0.39, 0.29) is 23.2 Å². The smallest absolute Gasteiger partial charge is 0.282 e. The number of nitrogens with zero attached hydrogens (tertiary/aromatic N) is 2. The van der Waals surface area contributed by atoms with E-state index in [1.807, 2.05) is 18.2 Å². The first-order valence-electron chi connectivity index (χ1n) is 7.68. The Labute approximate surface area is 134 Å². The number of nitro groups is 1. The standard InChI is InChI=1S/C18H18N2O3/c1-19(16-12-6-8-13-7-2-3-9-14(13)16)18(21)15-10-4-5-11-17(15)20(22)23/h2-5,7,9-11,16H,6,8,12H2,1H3. The molecule has 5 heteroatoms. The summed E-state index contributed by atoms with van der Waals surface area (Å²) in [6.45, 7) is 0. The summed E-state index contributed by atoms with van der Waals surface area (Å²) in [5, 5.41) is 11.2. The van der Waals surface area contributed by atoms with E-state index < -0.39 is 4.92 Å². The topological polar surface area (TPSA) is 63.5 Å². The Morgan fingerprint density at radius 1 is 1.17 bits per heavy atom. The van der Waals surface area contributed by atoms with Gasteiger partial charge in [-0.3, -0.25) is 14.9 Å². The Morgan fingerprint density at radius 3 is 2.65 bits per heavy atom. The van der Waals surface area contributed by atoms with Crippen LogP contribution in [0.2, 0.25) is 0 Å². The molecule has 118 valence electrons. The van der Waals surface area contributed by atoms with Crippen LogP contribution in [0.5, 0.6) is 0 Å². The van der Waals surface area contributed by atoms with Crippen LogP contribution in [-0.2, 0) is 6.42 Å². The summed E-state index contributed by atoms with van der Waals surface area (Å²) in [6, 6.07) is 14.2. The van der Waals surface area contributed by atoms with Crippen LogP contribution >= 0.6 is 0 Å². The summed E-state index contributed by atoms with van der Waals surface area (Å²) in [6.07, 6.45) is 2.90. The largest absolute Gasteiger partial charge is 0.334 e. The van der Waals surface area contributed by atoms with E-state index in [9.17, 15) is 14.9 Å². The molecule has 1 atom stereocenters. The number of rotatable bonds is 3. The monoisotopic (exact) mass is 310 g/mol. The van der Waals surface area contributed by atoms with E-state index in [0.717, 1.165) is 24.8 Å². The Balaban J connectivity index is 1.94. The molecule has 0 aliphatic heterocycles. The lowest BCUT2D eigenvalue weighted by Gasteiger charge is -2.33. The molecule has 1 aliphatic rings. The lowest BCUT2D eigenvalue weighted by molar-refractivity contribution is -0.385. The molecule has 1 amide bonds. The molecule has 1 aliphatic carbocycles. The van der Waals surface area contributed by atoms with Crippen LogP contribution in [0, 0.1) is 10.1 Å². The van der Waals surface area contributed by atoms with Gasteiger partial charge in [0, 0.05) is 13.1 Å². The maximum atomic E-state index is 12.8. The molecule has 1 unspecified atom stereocenters. The van der Waals surface area contributed by atoms with Gasteiger partial charge in [0.15, 0.2) is 0 Å². The average Bonchev–Trinajstić information content (AvgIpc) is 2.60. The van der Waals surface area contributed by atoms with E-state index in [1.165, 1.54) is 17.7 Å². The van der Waals surface area contributed by atoms with Crippen LogP contribution in [0.15, 0.2) is 48.5 Å². The predicted octanol–water partition coefficient (Wildman–Crippen LogP) is 3.74. The Bertz CT molecular complexity index is 757. The molecule has 0 heterocycles. The molecule has 0 aromatic heterocycles. The molecule has 0 saturated heterocycles. The quantitative estimate of drug-likeness (QED) is 0.640.